The van der Waals surface area contributed by atoms with Crippen LogP contribution >= 0.6 is 11.6 Å². The fourth-order valence-corrected chi connectivity index (χ4v) is 2.86. The number of rotatable bonds is 6. The molecule has 7 heteroatoms. The van der Waals surface area contributed by atoms with Gasteiger partial charge in [0.05, 0.1) is 10.7 Å². The lowest BCUT2D eigenvalue weighted by atomic mass is 10.0. The van der Waals surface area contributed by atoms with Crippen molar-refractivity contribution < 1.29 is 14.4 Å². The van der Waals surface area contributed by atoms with E-state index in [0.29, 0.717) is 22.0 Å². The van der Waals surface area contributed by atoms with Crippen LogP contribution in [0.3, 0.4) is 0 Å². The molecule has 0 fully saturated rings. The Kier molecular flexibility index (Phi) is 7.18. The molecule has 28 heavy (non-hydrogen) atoms. The highest BCUT2D eigenvalue weighted by Gasteiger charge is 2.25. The molecule has 2 aromatic rings. The van der Waals surface area contributed by atoms with E-state index in [-0.39, 0.29) is 23.6 Å². The molecule has 1 atom stereocenters. The second-order valence-electron chi connectivity index (χ2n) is 6.88. The quantitative estimate of drug-likeness (QED) is 0.683. The Hall–Kier alpha value is -2.86. The van der Waals surface area contributed by atoms with Crippen LogP contribution in [0.1, 0.15) is 36.7 Å². The zero-order valence-corrected chi connectivity index (χ0v) is 17.1. The molecule has 0 bridgehead atoms. The van der Waals surface area contributed by atoms with Crippen LogP contribution in [-0.4, -0.2) is 23.8 Å². The van der Waals surface area contributed by atoms with Crippen molar-refractivity contribution in [2.45, 2.75) is 33.7 Å². The number of benzene rings is 2. The summed E-state index contributed by atoms with van der Waals surface area (Å²) in [5.74, 6) is -1.08. The van der Waals surface area contributed by atoms with Gasteiger partial charge in [-0.05, 0) is 42.7 Å². The normalized spacial score (nSPS) is 11.6. The molecule has 2 aromatic carbocycles. The van der Waals surface area contributed by atoms with E-state index < -0.39 is 6.04 Å². The lowest BCUT2D eigenvalue weighted by molar-refractivity contribution is -0.119. The second-order valence-corrected chi connectivity index (χ2v) is 7.28. The van der Waals surface area contributed by atoms with E-state index in [1.54, 1.807) is 30.3 Å². The van der Waals surface area contributed by atoms with Crippen LogP contribution in [0.2, 0.25) is 5.02 Å². The number of anilines is 2. The predicted molar refractivity (Wildman–Crippen MR) is 112 cm³/mol. The SMILES string of the molecule is CC(=O)Nc1ccc(Cl)c(NC(=O)C(NC(=O)c2ccccc2C)C(C)C)c1. The Labute approximate surface area is 169 Å². The fraction of sp³-hybridized carbons (Fsp3) is 0.286. The molecule has 148 valence electrons. The van der Waals surface area contributed by atoms with Crippen molar-refractivity contribution in [3.63, 3.8) is 0 Å². The van der Waals surface area contributed by atoms with Crippen LogP contribution in [0.25, 0.3) is 0 Å². The first-order valence-electron chi connectivity index (χ1n) is 8.93. The van der Waals surface area contributed by atoms with E-state index in [0.717, 1.165) is 5.56 Å². The second kappa shape index (κ2) is 9.37. The largest absolute Gasteiger partial charge is 0.340 e. The number of aryl methyl sites for hydroxylation is 1. The molecule has 6 nitrogen and oxygen atoms in total. The molecular weight excluding hydrogens is 378 g/mol. The van der Waals surface area contributed by atoms with E-state index in [4.69, 9.17) is 11.6 Å². The van der Waals surface area contributed by atoms with Crippen molar-refractivity contribution in [1.29, 1.82) is 0 Å². The number of halogens is 1. The van der Waals surface area contributed by atoms with E-state index in [1.165, 1.54) is 6.92 Å². The molecule has 1 unspecified atom stereocenters. The highest BCUT2D eigenvalue weighted by molar-refractivity contribution is 6.34. The van der Waals surface area contributed by atoms with Gasteiger partial charge < -0.3 is 16.0 Å². The van der Waals surface area contributed by atoms with Gasteiger partial charge >= 0.3 is 0 Å². The van der Waals surface area contributed by atoms with Crippen LogP contribution < -0.4 is 16.0 Å². The van der Waals surface area contributed by atoms with Gasteiger partial charge in [0, 0.05) is 18.2 Å². The molecule has 0 aliphatic heterocycles. The Bertz CT molecular complexity index is 896. The minimum atomic E-state index is -0.757. The first-order chi connectivity index (χ1) is 13.2. The lowest BCUT2D eigenvalue weighted by Gasteiger charge is -2.22. The van der Waals surface area contributed by atoms with Crippen molar-refractivity contribution in [2.75, 3.05) is 10.6 Å². The highest BCUT2D eigenvalue weighted by Crippen LogP contribution is 2.26. The van der Waals surface area contributed by atoms with Crippen molar-refractivity contribution >= 4 is 40.7 Å². The molecule has 0 radical (unpaired) electrons. The minimum absolute atomic E-state index is 0.148. The van der Waals surface area contributed by atoms with E-state index >= 15 is 0 Å². The van der Waals surface area contributed by atoms with Gasteiger partial charge in [-0.1, -0.05) is 43.6 Å². The summed E-state index contributed by atoms with van der Waals surface area (Å²) >= 11 is 6.17. The number of nitrogens with one attached hydrogen (secondary N) is 3. The van der Waals surface area contributed by atoms with Gasteiger partial charge in [-0.15, -0.1) is 0 Å². The van der Waals surface area contributed by atoms with Crippen molar-refractivity contribution in [2.24, 2.45) is 5.92 Å². The number of carbonyl (C=O) groups excluding carboxylic acids is 3. The zero-order chi connectivity index (χ0) is 20.8. The number of hydrogen-bond donors (Lipinski definition) is 3. The Morgan fingerprint density at radius 3 is 2.29 bits per heavy atom. The topological polar surface area (TPSA) is 87.3 Å². The average molecular weight is 402 g/mol. The number of hydrogen-bond acceptors (Lipinski definition) is 3. The molecule has 0 aliphatic rings. The molecule has 0 spiro atoms. The molecule has 3 amide bonds. The van der Waals surface area contributed by atoms with Gasteiger partial charge in [0.25, 0.3) is 5.91 Å². The van der Waals surface area contributed by atoms with Crippen LogP contribution in [0.4, 0.5) is 11.4 Å². The molecule has 2 rings (SSSR count). The summed E-state index contributed by atoms with van der Waals surface area (Å²) in [6.07, 6.45) is 0. The lowest BCUT2D eigenvalue weighted by Crippen LogP contribution is -2.47. The van der Waals surface area contributed by atoms with Crippen molar-refractivity contribution in [3.8, 4) is 0 Å². The molecule has 0 heterocycles. The van der Waals surface area contributed by atoms with Crippen molar-refractivity contribution in [1.82, 2.24) is 5.32 Å². The molecule has 0 aliphatic carbocycles. The van der Waals surface area contributed by atoms with Crippen LogP contribution in [0.15, 0.2) is 42.5 Å². The summed E-state index contributed by atoms with van der Waals surface area (Å²) in [6.45, 7) is 6.92. The van der Waals surface area contributed by atoms with Gasteiger partial charge in [-0.25, -0.2) is 0 Å². The summed E-state index contributed by atoms with van der Waals surface area (Å²) < 4.78 is 0. The number of carbonyl (C=O) groups is 3. The summed E-state index contributed by atoms with van der Waals surface area (Å²) in [5.41, 5.74) is 2.21. The summed E-state index contributed by atoms with van der Waals surface area (Å²) in [5, 5.41) is 8.50. The Morgan fingerprint density at radius 1 is 1.00 bits per heavy atom. The van der Waals surface area contributed by atoms with Gasteiger partial charge in [0.1, 0.15) is 6.04 Å². The summed E-state index contributed by atoms with van der Waals surface area (Å²) in [4.78, 5) is 36.7. The highest BCUT2D eigenvalue weighted by atomic mass is 35.5. The Balaban J connectivity index is 2.18. The van der Waals surface area contributed by atoms with Gasteiger partial charge in [-0.2, -0.15) is 0 Å². The van der Waals surface area contributed by atoms with Crippen LogP contribution in [0.5, 0.6) is 0 Å². The minimum Gasteiger partial charge on any atom is -0.340 e. The van der Waals surface area contributed by atoms with E-state index in [2.05, 4.69) is 16.0 Å². The standard InChI is InChI=1S/C21H24ClN3O3/c1-12(2)19(25-20(27)16-8-6-5-7-13(16)3)21(28)24-18-11-15(23-14(4)26)9-10-17(18)22/h5-12,19H,1-4H3,(H,23,26)(H,24,28)(H,25,27). The average Bonchev–Trinajstić information content (AvgIpc) is 2.61. The maximum atomic E-state index is 12.8. The fourth-order valence-electron chi connectivity index (χ4n) is 2.69. The van der Waals surface area contributed by atoms with Crippen LogP contribution in [0, 0.1) is 12.8 Å². The summed E-state index contributed by atoms with van der Waals surface area (Å²) in [6, 6.07) is 11.2. The van der Waals surface area contributed by atoms with E-state index in [9.17, 15) is 14.4 Å². The number of amides is 3. The smallest absolute Gasteiger partial charge is 0.252 e. The molecule has 0 saturated carbocycles. The maximum Gasteiger partial charge on any atom is 0.252 e. The third kappa shape index (κ3) is 5.57. The van der Waals surface area contributed by atoms with Gasteiger partial charge in [0.15, 0.2) is 0 Å². The zero-order valence-electron chi connectivity index (χ0n) is 16.3. The van der Waals surface area contributed by atoms with Crippen molar-refractivity contribution in [3.05, 3.63) is 58.6 Å². The van der Waals surface area contributed by atoms with Gasteiger partial charge in [0.2, 0.25) is 11.8 Å². The summed E-state index contributed by atoms with van der Waals surface area (Å²) in [7, 11) is 0. The van der Waals surface area contributed by atoms with E-state index in [1.807, 2.05) is 32.9 Å². The third-order valence-electron chi connectivity index (χ3n) is 4.17. The van der Waals surface area contributed by atoms with Gasteiger partial charge in [-0.3, -0.25) is 14.4 Å². The maximum absolute atomic E-state index is 12.8. The first-order valence-corrected chi connectivity index (χ1v) is 9.31. The predicted octanol–water partition coefficient (Wildman–Crippen LogP) is 4.00. The molecular formula is C21H24ClN3O3. The molecule has 0 saturated heterocycles. The monoisotopic (exact) mass is 401 g/mol. The third-order valence-corrected chi connectivity index (χ3v) is 4.50. The Morgan fingerprint density at radius 2 is 1.68 bits per heavy atom. The first kappa shape index (κ1) is 21.4. The van der Waals surface area contributed by atoms with Crippen LogP contribution in [-0.2, 0) is 9.59 Å². The molecule has 0 aromatic heterocycles. The molecule has 3 N–H and O–H groups in total.